The fourth-order valence-electron chi connectivity index (χ4n) is 7.48. The molecule has 0 aromatic rings. The smallest absolute Gasteiger partial charge is 0.306 e. The third-order valence-electron chi connectivity index (χ3n) is 11.4. The average Bonchev–Trinajstić information content (AvgIpc) is 3.24. The summed E-state index contributed by atoms with van der Waals surface area (Å²) in [4.78, 5) is 26.1. The first-order valence-corrected chi connectivity index (χ1v) is 25.6. The molecule has 0 aliphatic carbocycles. The Kier molecular flexibility index (Phi) is 45.7. The van der Waals surface area contributed by atoms with E-state index in [9.17, 15) is 19.8 Å². The SMILES string of the molecule is CCCC/C=C\CCCCCC(CC(=O)NC(CO)C(O)CCCCCCCCCCCCCCCC)OC(=O)CCCCCCC/C=C/C=C/C=C/C=C/CCCCC. The van der Waals surface area contributed by atoms with E-state index in [1.165, 1.54) is 103 Å². The van der Waals surface area contributed by atoms with Crippen LogP contribution in [0.3, 0.4) is 0 Å². The van der Waals surface area contributed by atoms with Gasteiger partial charge in [0, 0.05) is 6.42 Å². The Morgan fingerprint density at radius 3 is 1.43 bits per heavy atom. The zero-order valence-electron chi connectivity index (χ0n) is 39.6. The molecule has 3 N–H and O–H groups in total. The van der Waals surface area contributed by atoms with Crippen LogP contribution in [0.4, 0.5) is 0 Å². The summed E-state index contributed by atoms with van der Waals surface area (Å²) in [5.74, 6) is -0.518. The number of unbranched alkanes of at least 4 members (excludes halogenated alkanes) is 26. The van der Waals surface area contributed by atoms with E-state index in [4.69, 9.17) is 4.74 Å². The van der Waals surface area contributed by atoms with Gasteiger partial charge in [0.25, 0.3) is 0 Å². The van der Waals surface area contributed by atoms with Crippen molar-refractivity contribution in [1.82, 2.24) is 5.32 Å². The molecule has 3 unspecified atom stereocenters. The second-order valence-electron chi connectivity index (χ2n) is 17.3. The van der Waals surface area contributed by atoms with Crippen molar-refractivity contribution >= 4 is 11.9 Å². The molecule has 0 aliphatic heterocycles. The molecule has 6 heteroatoms. The van der Waals surface area contributed by atoms with E-state index in [0.29, 0.717) is 19.3 Å². The number of hydrogen-bond donors (Lipinski definition) is 3. The van der Waals surface area contributed by atoms with Gasteiger partial charge in [-0.15, -0.1) is 0 Å². The molecule has 348 valence electrons. The molecule has 0 radical (unpaired) electrons. The van der Waals surface area contributed by atoms with Gasteiger partial charge in [-0.25, -0.2) is 0 Å². The second-order valence-corrected chi connectivity index (χ2v) is 17.3. The molecule has 0 rings (SSSR count). The molecule has 6 nitrogen and oxygen atoms in total. The summed E-state index contributed by atoms with van der Waals surface area (Å²) < 4.78 is 5.90. The van der Waals surface area contributed by atoms with E-state index < -0.39 is 18.2 Å². The number of carbonyl (C=O) groups excluding carboxylic acids is 2. The van der Waals surface area contributed by atoms with Crippen LogP contribution in [0.15, 0.2) is 60.8 Å². The van der Waals surface area contributed by atoms with E-state index in [2.05, 4.69) is 86.8 Å². The minimum Gasteiger partial charge on any atom is -0.462 e. The lowest BCUT2D eigenvalue weighted by molar-refractivity contribution is -0.151. The van der Waals surface area contributed by atoms with Crippen LogP contribution >= 0.6 is 0 Å². The van der Waals surface area contributed by atoms with Crippen molar-refractivity contribution in [2.75, 3.05) is 6.61 Å². The van der Waals surface area contributed by atoms with E-state index in [-0.39, 0.29) is 24.9 Å². The van der Waals surface area contributed by atoms with Gasteiger partial charge >= 0.3 is 5.97 Å². The molecule has 0 aliphatic rings. The summed E-state index contributed by atoms with van der Waals surface area (Å²) in [5, 5.41) is 23.7. The summed E-state index contributed by atoms with van der Waals surface area (Å²) in [7, 11) is 0. The van der Waals surface area contributed by atoms with Crippen LogP contribution in [-0.4, -0.2) is 46.9 Å². The third kappa shape index (κ3) is 42.3. The van der Waals surface area contributed by atoms with Gasteiger partial charge in [0.1, 0.15) is 6.10 Å². The number of nitrogens with one attached hydrogen (secondary N) is 1. The lowest BCUT2D eigenvalue weighted by Gasteiger charge is -2.24. The van der Waals surface area contributed by atoms with Crippen LogP contribution < -0.4 is 5.32 Å². The molecule has 0 fully saturated rings. The van der Waals surface area contributed by atoms with Crippen molar-refractivity contribution in [3.05, 3.63) is 60.8 Å². The number of esters is 1. The highest BCUT2D eigenvalue weighted by atomic mass is 16.5. The number of carbonyl (C=O) groups is 2. The van der Waals surface area contributed by atoms with Crippen molar-refractivity contribution in [2.24, 2.45) is 0 Å². The van der Waals surface area contributed by atoms with Crippen LogP contribution in [0.2, 0.25) is 0 Å². The van der Waals surface area contributed by atoms with E-state index in [0.717, 1.165) is 96.3 Å². The monoisotopic (exact) mass is 840 g/mol. The number of aliphatic hydroxyl groups excluding tert-OH is 2. The Hall–Kier alpha value is -2.44. The second kappa shape index (κ2) is 47.6. The van der Waals surface area contributed by atoms with Gasteiger partial charge in [0.2, 0.25) is 5.91 Å². The first kappa shape index (κ1) is 57.6. The Morgan fingerprint density at radius 2 is 0.883 bits per heavy atom. The summed E-state index contributed by atoms with van der Waals surface area (Å²) in [6, 6.07) is -0.711. The van der Waals surface area contributed by atoms with Gasteiger partial charge in [-0.05, 0) is 70.6 Å². The maximum Gasteiger partial charge on any atom is 0.306 e. The summed E-state index contributed by atoms with van der Waals surface area (Å²) in [6.07, 6.45) is 58.5. The molecular formula is C54H97NO5. The molecule has 0 bridgehead atoms. The molecule has 0 saturated heterocycles. The molecule has 0 spiro atoms. The number of aliphatic hydroxyl groups is 2. The summed E-state index contributed by atoms with van der Waals surface area (Å²) in [6.45, 7) is 6.39. The first-order valence-electron chi connectivity index (χ1n) is 25.6. The Bertz CT molecular complexity index is 1080. The zero-order chi connectivity index (χ0) is 43.8. The van der Waals surface area contributed by atoms with Crippen LogP contribution in [0, 0.1) is 0 Å². The maximum absolute atomic E-state index is 13.2. The van der Waals surface area contributed by atoms with Crippen LogP contribution in [0.25, 0.3) is 0 Å². The van der Waals surface area contributed by atoms with Crippen molar-refractivity contribution < 1.29 is 24.5 Å². The number of hydrogen-bond acceptors (Lipinski definition) is 5. The molecule has 0 heterocycles. The molecule has 0 aromatic carbocycles. The Balaban J connectivity index is 4.52. The van der Waals surface area contributed by atoms with E-state index in [1.54, 1.807) is 0 Å². The van der Waals surface area contributed by atoms with Gasteiger partial charge in [-0.2, -0.15) is 0 Å². The minimum atomic E-state index is -0.796. The molecule has 0 aromatic heterocycles. The normalized spacial score (nSPS) is 13.8. The Labute approximate surface area is 371 Å². The number of amides is 1. The van der Waals surface area contributed by atoms with E-state index >= 15 is 0 Å². The molecular weight excluding hydrogens is 743 g/mol. The fourth-order valence-corrected chi connectivity index (χ4v) is 7.48. The Morgan fingerprint density at radius 1 is 0.483 bits per heavy atom. The van der Waals surface area contributed by atoms with Crippen molar-refractivity contribution in [3.63, 3.8) is 0 Å². The molecule has 0 saturated carbocycles. The van der Waals surface area contributed by atoms with Crippen LogP contribution in [0.5, 0.6) is 0 Å². The van der Waals surface area contributed by atoms with Crippen LogP contribution in [-0.2, 0) is 14.3 Å². The standard InChI is InChI=1S/C54H97NO5/c1-4-7-10-13-16-19-21-23-25-26-27-28-30-32-35-38-41-44-47-54(59)60-50(45-42-39-36-33-18-15-12-9-6-3)48-53(58)55-51(49-56)52(57)46-43-40-37-34-31-29-24-22-20-17-14-11-8-5-2/h15-16,18-19,21,23,25-28,50-52,56-57H,4-14,17,20,22,24,29-49H2,1-3H3,(H,55,58)/b18-15-,19-16+,23-21+,26-25+,28-27+. The number of allylic oxidation sites excluding steroid dienone is 10. The minimum absolute atomic E-state index is 0.0555. The van der Waals surface area contributed by atoms with Gasteiger partial charge in [0.05, 0.1) is 25.2 Å². The fraction of sp³-hybridized carbons (Fsp3) is 0.778. The predicted octanol–water partition coefficient (Wildman–Crippen LogP) is 15.2. The molecule has 60 heavy (non-hydrogen) atoms. The highest BCUT2D eigenvalue weighted by Crippen LogP contribution is 2.17. The zero-order valence-corrected chi connectivity index (χ0v) is 39.6. The largest absolute Gasteiger partial charge is 0.462 e. The summed E-state index contributed by atoms with van der Waals surface area (Å²) in [5.41, 5.74) is 0. The lowest BCUT2D eigenvalue weighted by atomic mass is 10.0. The van der Waals surface area contributed by atoms with E-state index in [1.807, 2.05) is 0 Å². The molecule has 1 amide bonds. The highest BCUT2D eigenvalue weighted by Gasteiger charge is 2.24. The lowest BCUT2D eigenvalue weighted by Crippen LogP contribution is -2.46. The number of rotatable bonds is 45. The highest BCUT2D eigenvalue weighted by molar-refractivity contribution is 5.77. The van der Waals surface area contributed by atoms with Crippen molar-refractivity contribution in [3.8, 4) is 0 Å². The van der Waals surface area contributed by atoms with Crippen molar-refractivity contribution in [1.29, 1.82) is 0 Å². The predicted molar refractivity (Wildman–Crippen MR) is 259 cm³/mol. The van der Waals surface area contributed by atoms with Gasteiger partial charge in [0.15, 0.2) is 0 Å². The first-order chi connectivity index (χ1) is 29.5. The van der Waals surface area contributed by atoms with Crippen LogP contribution in [0.1, 0.15) is 245 Å². The maximum atomic E-state index is 13.2. The topological polar surface area (TPSA) is 95.9 Å². The van der Waals surface area contributed by atoms with Crippen molar-refractivity contribution in [2.45, 2.75) is 264 Å². The molecule has 3 atom stereocenters. The summed E-state index contributed by atoms with van der Waals surface area (Å²) >= 11 is 0. The average molecular weight is 840 g/mol. The van der Waals surface area contributed by atoms with Gasteiger partial charge < -0.3 is 20.3 Å². The third-order valence-corrected chi connectivity index (χ3v) is 11.4. The van der Waals surface area contributed by atoms with Gasteiger partial charge in [-0.1, -0.05) is 223 Å². The quantitative estimate of drug-likeness (QED) is 0.0246. The number of ether oxygens (including phenoxy) is 1. The van der Waals surface area contributed by atoms with Gasteiger partial charge in [-0.3, -0.25) is 9.59 Å².